The first-order chi connectivity index (χ1) is 21.2. The van der Waals surface area contributed by atoms with Gasteiger partial charge in [0.15, 0.2) is 34.2 Å². The van der Waals surface area contributed by atoms with Crippen molar-refractivity contribution in [2.75, 3.05) is 18.1 Å². The van der Waals surface area contributed by atoms with Gasteiger partial charge in [0.05, 0.1) is 18.8 Å². The second-order valence-electron chi connectivity index (χ2n) is 15.2. The number of nitrogens with zero attached hydrogens (tertiary/aromatic N) is 3. The molecule has 1 spiro atoms. The lowest BCUT2D eigenvalue weighted by Gasteiger charge is -2.57. The van der Waals surface area contributed by atoms with Gasteiger partial charge in [-0.1, -0.05) is 50.9 Å². The third kappa shape index (κ3) is 5.78. The van der Waals surface area contributed by atoms with Gasteiger partial charge in [0.2, 0.25) is 0 Å². The Morgan fingerprint density at radius 1 is 1.07 bits per heavy atom. The smallest absolute Gasteiger partial charge is 0.302 e. The van der Waals surface area contributed by atoms with E-state index >= 15 is 0 Å². The Balaban J connectivity index is 0.000000223. The Bertz CT molecular complexity index is 1400. The van der Waals surface area contributed by atoms with E-state index in [0.717, 1.165) is 37.7 Å². The maximum Gasteiger partial charge on any atom is 0.302 e. The number of anilines is 2. The molecule has 6 aliphatic rings. The average molecular weight is 681 g/mol. The van der Waals surface area contributed by atoms with Gasteiger partial charge in [-0.25, -0.2) is 9.97 Å². The van der Waals surface area contributed by atoms with Crippen molar-refractivity contribution in [3.63, 3.8) is 0 Å². The Morgan fingerprint density at radius 3 is 2.48 bits per heavy atom. The fraction of sp³-hybridized carbons (Fsp3) is 0.758. The van der Waals surface area contributed by atoms with Crippen LogP contribution in [0.25, 0.3) is 0 Å². The fourth-order valence-corrected chi connectivity index (χ4v) is 10.4. The van der Waals surface area contributed by atoms with Gasteiger partial charge in [0, 0.05) is 12.3 Å². The van der Waals surface area contributed by atoms with Crippen LogP contribution in [-0.2, 0) is 9.47 Å². The summed E-state index contributed by atoms with van der Waals surface area (Å²) < 4.78 is 13.3. The molecular formula is C33H51Cl2N7O4. The van der Waals surface area contributed by atoms with Crippen LogP contribution in [0.1, 0.15) is 96.0 Å². The molecule has 1 aromatic rings. The second kappa shape index (κ2) is 12.7. The first kappa shape index (κ1) is 35.1. The minimum Gasteiger partial charge on any atom is -0.393 e. The van der Waals surface area contributed by atoms with Crippen LogP contribution in [0.5, 0.6) is 0 Å². The average Bonchev–Trinajstić information content (AvgIpc) is 3.42. The van der Waals surface area contributed by atoms with Crippen LogP contribution in [0.15, 0.2) is 16.6 Å². The highest BCUT2D eigenvalue weighted by molar-refractivity contribution is 6.31. The topological polar surface area (TPSA) is 198 Å². The van der Waals surface area contributed by atoms with Crippen LogP contribution < -0.4 is 22.9 Å². The number of carbonyl (C=O) groups is 1. The number of aliphatic imine (C=N–C) groups is 1. The number of allylic oxidation sites excluding steroid dienone is 2. The number of ether oxygens (including phenoxy) is 2. The quantitative estimate of drug-likeness (QED) is 0.155. The highest BCUT2D eigenvalue weighted by atomic mass is 35.5. The molecule has 2 aliphatic heterocycles. The number of aromatic nitrogens is 2. The van der Waals surface area contributed by atoms with Gasteiger partial charge < -0.3 is 37.5 Å². The van der Waals surface area contributed by atoms with Crippen LogP contribution >= 0.6 is 24.0 Å². The van der Waals surface area contributed by atoms with E-state index in [4.69, 9.17) is 44.0 Å². The normalized spacial score (nSPS) is 42.2. The van der Waals surface area contributed by atoms with E-state index in [1.165, 1.54) is 38.5 Å². The Kier molecular flexibility index (Phi) is 9.69. The van der Waals surface area contributed by atoms with Crippen molar-refractivity contribution >= 4 is 47.5 Å². The molecule has 11 unspecified atom stereocenters. The van der Waals surface area contributed by atoms with E-state index in [-0.39, 0.29) is 46.8 Å². The number of amides is 1. The van der Waals surface area contributed by atoms with Crippen molar-refractivity contribution < 1.29 is 19.4 Å². The molecule has 46 heavy (non-hydrogen) atoms. The molecule has 3 saturated carbocycles. The molecule has 1 amide bonds. The molecule has 0 radical (unpaired) electrons. The van der Waals surface area contributed by atoms with Crippen LogP contribution in [0.2, 0.25) is 5.15 Å². The first-order valence-electron chi connectivity index (χ1n) is 16.6. The summed E-state index contributed by atoms with van der Waals surface area (Å²) in [7, 11) is 0. The number of aliphatic hydroxyl groups excluding tert-OH is 1. The zero-order chi connectivity index (χ0) is 32.5. The molecule has 1 aromatic heterocycles. The van der Waals surface area contributed by atoms with Gasteiger partial charge in [-0.05, 0) is 91.8 Å². The Morgan fingerprint density at radius 2 is 1.80 bits per heavy atom. The summed E-state index contributed by atoms with van der Waals surface area (Å²) in [5.74, 6) is 2.18. The Labute approximate surface area is 283 Å². The van der Waals surface area contributed by atoms with Crippen LogP contribution in [0.4, 0.5) is 11.6 Å². The predicted molar refractivity (Wildman–Crippen MR) is 181 cm³/mol. The summed E-state index contributed by atoms with van der Waals surface area (Å²) in [5.41, 5.74) is 22.9. The van der Waals surface area contributed by atoms with Crippen molar-refractivity contribution in [2.45, 2.75) is 103 Å². The summed E-state index contributed by atoms with van der Waals surface area (Å²) in [6, 6.07) is 0. The molecule has 2 saturated heterocycles. The number of nitrogens with two attached hydrogens (primary N) is 4. The van der Waals surface area contributed by atoms with E-state index in [0.29, 0.717) is 40.6 Å². The molecule has 3 heterocycles. The van der Waals surface area contributed by atoms with Gasteiger partial charge in [0.25, 0.3) is 0 Å². The molecule has 9 N–H and O–H groups in total. The zero-order valence-corrected chi connectivity index (χ0v) is 28.9. The van der Waals surface area contributed by atoms with Crippen LogP contribution in [-0.4, -0.2) is 51.5 Å². The van der Waals surface area contributed by atoms with Gasteiger partial charge in [0.1, 0.15) is 0 Å². The molecule has 0 bridgehead atoms. The van der Waals surface area contributed by atoms with E-state index in [9.17, 15) is 9.90 Å². The molecular weight excluding hydrogens is 629 g/mol. The number of aliphatic hydroxyl groups is 1. The fourth-order valence-electron chi connectivity index (χ4n) is 10.3. The minimum atomic E-state index is -0.832. The number of guanidine groups is 1. The predicted octanol–water partition coefficient (Wildman–Crippen LogP) is 4.84. The lowest BCUT2D eigenvalue weighted by molar-refractivity contribution is -0.272. The maximum atomic E-state index is 11.3. The molecule has 4 aliphatic carbocycles. The first-order valence-corrected chi connectivity index (χ1v) is 17.0. The number of fused-ring (bicyclic) bond motifs is 7. The van der Waals surface area contributed by atoms with E-state index in [1.54, 1.807) is 5.57 Å². The summed E-state index contributed by atoms with van der Waals surface area (Å²) in [4.78, 5) is 21.7. The zero-order valence-electron chi connectivity index (χ0n) is 27.4. The Hall–Kier alpha value is -2.18. The van der Waals surface area contributed by atoms with E-state index in [1.807, 2.05) is 0 Å². The molecule has 11 atom stereocenters. The number of nitrogen functional groups attached to an aromatic ring is 2. The molecule has 13 heteroatoms. The highest BCUT2D eigenvalue weighted by Gasteiger charge is 2.67. The SMILES string of the molecule is CC1CCC2(OC1)OC1CC3C4CCC5CC(O)CCC5(C)C4=CCC3(C)C1C2C.Cl.NC(N)=NC(=O)c1nc(Cl)c(N)nc1N. The number of hydrogen-bond acceptors (Lipinski definition) is 8. The summed E-state index contributed by atoms with van der Waals surface area (Å²) >= 11 is 5.55. The van der Waals surface area contributed by atoms with Gasteiger partial charge in [-0.15, -0.1) is 12.4 Å². The van der Waals surface area contributed by atoms with E-state index < -0.39 is 11.9 Å². The summed E-state index contributed by atoms with van der Waals surface area (Å²) in [5, 5.41) is 10.1. The minimum absolute atomic E-state index is 0. The largest absolute Gasteiger partial charge is 0.393 e. The molecule has 256 valence electrons. The van der Waals surface area contributed by atoms with Crippen molar-refractivity contribution in [1.82, 2.24) is 9.97 Å². The maximum absolute atomic E-state index is 11.3. The second-order valence-corrected chi connectivity index (χ2v) is 15.5. The van der Waals surface area contributed by atoms with Gasteiger partial charge >= 0.3 is 5.91 Å². The van der Waals surface area contributed by atoms with Gasteiger partial charge in [-0.2, -0.15) is 4.99 Å². The molecule has 11 nitrogen and oxygen atoms in total. The summed E-state index contributed by atoms with van der Waals surface area (Å²) in [6.45, 7) is 10.7. The number of carbonyl (C=O) groups excluding carboxylic acids is 1. The van der Waals surface area contributed by atoms with Crippen molar-refractivity contribution in [3.8, 4) is 0 Å². The standard InChI is InChI=1S/C27H42O3.C6H8ClN7O.ClH/c1-16-7-12-27(29-15-16)17(2)24-23(30-27)14-22-20-6-5-18-13-19(28)8-10-25(18,3)21(20)9-11-26(22,24)4;7-2-4(9)13-3(8)1(12-2)5(15)14-6(10)11;/h9,16-20,22-24,28H,5-8,10-15H2,1-4H3;(H4,8,9,13)(H4,10,11,14,15);1H. The van der Waals surface area contributed by atoms with Crippen LogP contribution in [0.3, 0.4) is 0 Å². The molecule has 0 aromatic carbocycles. The number of rotatable bonds is 1. The number of halogens is 2. The van der Waals surface area contributed by atoms with Crippen molar-refractivity contribution in [1.29, 1.82) is 0 Å². The third-order valence-corrected chi connectivity index (χ3v) is 12.9. The monoisotopic (exact) mass is 679 g/mol. The lowest BCUT2D eigenvalue weighted by atomic mass is 9.48. The molecule has 5 fully saturated rings. The highest BCUT2D eigenvalue weighted by Crippen LogP contribution is 2.69. The van der Waals surface area contributed by atoms with Crippen LogP contribution in [0, 0.1) is 46.3 Å². The van der Waals surface area contributed by atoms with Crippen molar-refractivity contribution in [2.24, 2.45) is 62.8 Å². The number of hydrogen-bond donors (Lipinski definition) is 5. The molecule has 7 rings (SSSR count). The van der Waals surface area contributed by atoms with E-state index in [2.05, 4.69) is 48.7 Å². The van der Waals surface area contributed by atoms with Gasteiger partial charge in [-0.3, -0.25) is 4.79 Å². The summed E-state index contributed by atoms with van der Waals surface area (Å²) in [6.07, 6.45) is 13.6. The lowest BCUT2D eigenvalue weighted by Crippen LogP contribution is -2.50. The third-order valence-electron chi connectivity index (χ3n) is 12.6. The van der Waals surface area contributed by atoms with Crippen molar-refractivity contribution in [3.05, 3.63) is 22.5 Å².